The van der Waals surface area contributed by atoms with Crippen LogP contribution in [0.1, 0.15) is 32.0 Å². The summed E-state index contributed by atoms with van der Waals surface area (Å²) < 4.78 is 0. The van der Waals surface area contributed by atoms with Crippen LogP contribution in [0.25, 0.3) is 23.3 Å². The molecule has 2 heterocycles. The Morgan fingerprint density at radius 3 is 1.33 bits per heavy atom. The lowest BCUT2D eigenvalue weighted by Crippen LogP contribution is -2.28. The van der Waals surface area contributed by atoms with Crippen LogP contribution >= 0.6 is 22.7 Å². The quantitative estimate of drug-likeness (QED) is 0.166. The van der Waals surface area contributed by atoms with Gasteiger partial charge in [-0.25, -0.2) is 0 Å². The zero-order valence-corrected chi connectivity index (χ0v) is 25.8. The van der Waals surface area contributed by atoms with Gasteiger partial charge in [-0.05, 0) is 92.7 Å². The Morgan fingerprint density at radius 2 is 0.933 bits per heavy atom. The van der Waals surface area contributed by atoms with E-state index in [1.807, 2.05) is 71.4 Å². The summed E-state index contributed by atoms with van der Waals surface area (Å²) in [6, 6.07) is 41.2. The fraction of sp³-hybridized carbons (Fsp3) is 0.0256. The molecule has 0 bridgehead atoms. The van der Waals surface area contributed by atoms with Crippen molar-refractivity contribution in [3.8, 4) is 11.1 Å². The molecule has 1 aliphatic carbocycles. The van der Waals surface area contributed by atoms with E-state index >= 15 is 0 Å². The second-order valence-electron chi connectivity index (χ2n) is 10.7. The lowest BCUT2D eigenvalue weighted by Gasteiger charge is -2.34. The largest absolute Gasteiger partial charge is 0.323 e. The fourth-order valence-electron chi connectivity index (χ4n) is 6.09. The summed E-state index contributed by atoms with van der Waals surface area (Å²) in [5.41, 5.74) is 7.81. The molecule has 4 aromatic carbocycles. The van der Waals surface area contributed by atoms with Crippen molar-refractivity contribution >= 4 is 58.0 Å². The molecular formula is C39H28N2O2S2. The fourth-order valence-corrected chi connectivity index (χ4v) is 7.32. The van der Waals surface area contributed by atoms with Gasteiger partial charge in [-0.1, -0.05) is 84.9 Å². The summed E-state index contributed by atoms with van der Waals surface area (Å²) in [5, 5.41) is 9.95. The molecule has 0 radical (unpaired) electrons. The zero-order valence-electron chi connectivity index (χ0n) is 24.1. The van der Waals surface area contributed by atoms with Gasteiger partial charge < -0.3 is 10.6 Å². The minimum absolute atomic E-state index is 0.176. The Morgan fingerprint density at radius 1 is 0.511 bits per heavy atom. The molecule has 0 unspecified atom stereocenters. The molecule has 0 saturated heterocycles. The van der Waals surface area contributed by atoms with E-state index in [0.29, 0.717) is 0 Å². The molecule has 1 aliphatic rings. The number of hydrogen-bond donors (Lipinski definition) is 2. The van der Waals surface area contributed by atoms with Gasteiger partial charge in [-0.2, -0.15) is 0 Å². The van der Waals surface area contributed by atoms with Crippen molar-refractivity contribution in [1.82, 2.24) is 0 Å². The van der Waals surface area contributed by atoms with Crippen molar-refractivity contribution < 1.29 is 9.59 Å². The molecule has 0 fully saturated rings. The van der Waals surface area contributed by atoms with E-state index in [2.05, 4.69) is 83.4 Å². The molecule has 218 valence electrons. The lowest BCUT2D eigenvalue weighted by atomic mass is 9.67. The number of thiophene rings is 2. The molecule has 0 atom stereocenters. The highest BCUT2D eigenvalue weighted by Crippen LogP contribution is 2.56. The molecule has 0 saturated carbocycles. The average molecular weight is 621 g/mol. The smallest absolute Gasteiger partial charge is 0.248 e. The Labute approximate surface area is 270 Å². The molecule has 6 heteroatoms. The molecule has 7 rings (SSSR count). The number of amides is 2. The molecule has 4 nitrogen and oxygen atoms in total. The van der Waals surface area contributed by atoms with Gasteiger partial charge in [0.1, 0.15) is 0 Å². The van der Waals surface area contributed by atoms with Gasteiger partial charge in [0.2, 0.25) is 11.8 Å². The number of carbonyl (C=O) groups excluding carboxylic acids is 2. The predicted octanol–water partition coefficient (Wildman–Crippen LogP) is 9.48. The van der Waals surface area contributed by atoms with Crippen molar-refractivity contribution in [3.05, 3.63) is 176 Å². The molecule has 45 heavy (non-hydrogen) atoms. The first kappa shape index (κ1) is 28.5. The third kappa shape index (κ3) is 5.57. The van der Waals surface area contributed by atoms with E-state index in [4.69, 9.17) is 0 Å². The average Bonchev–Trinajstić information content (AvgIpc) is 3.85. The Bertz CT molecular complexity index is 1870. The van der Waals surface area contributed by atoms with Gasteiger partial charge in [-0.3, -0.25) is 9.59 Å². The highest BCUT2D eigenvalue weighted by Gasteiger charge is 2.45. The number of benzene rings is 4. The summed E-state index contributed by atoms with van der Waals surface area (Å²) in [6.07, 6.45) is 6.76. The Balaban J connectivity index is 1.24. The van der Waals surface area contributed by atoms with E-state index in [0.717, 1.165) is 32.3 Å². The molecule has 0 aliphatic heterocycles. The minimum Gasteiger partial charge on any atom is -0.323 e. The number of carbonyl (C=O) groups is 2. The van der Waals surface area contributed by atoms with Crippen LogP contribution in [0, 0.1) is 0 Å². The monoisotopic (exact) mass is 620 g/mol. The highest BCUT2D eigenvalue weighted by atomic mass is 32.1. The third-order valence-corrected chi connectivity index (χ3v) is 9.68. The standard InChI is InChI=1S/C39H28N2O2S2/c42-37(23-21-31-7-5-25-44-31)40-29-17-13-27(14-18-29)39(35-11-3-1-9-33(35)34-10-2-4-12-36(34)39)28-15-19-30(20-16-28)41-38(43)24-22-32-8-6-26-45-32/h1-26H,(H,40,42)(H,41,43)/b23-21+,24-22+. The second kappa shape index (κ2) is 12.4. The van der Waals surface area contributed by atoms with Crippen LogP contribution < -0.4 is 10.6 Å². The zero-order chi connectivity index (χ0) is 30.6. The van der Waals surface area contributed by atoms with Crippen molar-refractivity contribution in [1.29, 1.82) is 0 Å². The maximum atomic E-state index is 12.6. The summed E-state index contributed by atoms with van der Waals surface area (Å²) in [6.45, 7) is 0. The van der Waals surface area contributed by atoms with Gasteiger partial charge in [0, 0.05) is 33.3 Å². The van der Waals surface area contributed by atoms with Gasteiger partial charge in [0.05, 0.1) is 5.41 Å². The minimum atomic E-state index is -0.587. The summed E-state index contributed by atoms with van der Waals surface area (Å²) in [4.78, 5) is 27.3. The predicted molar refractivity (Wildman–Crippen MR) is 188 cm³/mol. The van der Waals surface area contributed by atoms with Crippen LogP contribution in [0.4, 0.5) is 11.4 Å². The molecule has 2 aromatic heterocycles. The summed E-state index contributed by atoms with van der Waals surface area (Å²) in [5.74, 6) is -0.351. The van der Waals surface area contributed by atoms with Gasteiger partial charge in [-0.15, -0.1) is 22.7 Å². The van der Waals surface area contributed by atoms with Crippen molar-refractivity contribution in [2.75, 3.05) is 10.6 Å². The normalized spacial score (nSPS) is 13.1. The first-order valence-electron chi connectivity index (χ1n) is 14.6. The first-order chi connectivity index (χ1) is 22.1. The molecule has 2 amide bonds. The van der Waals surface area contributed by atoms with Crippen LogP contribution in [-0.4, -0.2) is 11.8 Å². The van der Waals surface area contributed by atoms with E-state index in [9.17, 15) is 9.59 Å². The topological polar surface area (TPSA) is 58.2 Å². The van der Waals surface area contributed by atoms with E-state index < -0.39 is 5.41 Å². The van der Waals surface area contributed by atoms with Crippen LogP contribution in [0.2, 0.25) is 0 Å². The summed E-state index contributed by atoms with van der Waals surface area (Å²) >= 11 is 3.18. The van der Waals surface area contributed by atoms with Crippen LogP contribution in [0.5, 0.6) is 0 Å². The highest BCUT2D eigenvalue weighted by molar-refractivity contribution is 7.11. The van der Waals surface area contributed by atoms with Crippen LogP contribution in [0.15, 0.2) is 144 Å². The van der Waals surface area contributed by atoms with Crippen molar-refractivity contribution in [2.24, 2.45) is 0 Å². The number of rotatable bonds is 8. The molecular weight excluding hydrogens is 593 g/mol. The second-order valence-corrected chi connectivity index (χ2v) is 12.6. The number of hydrogen-bond acceptors (Lipinski definition) is 4. The van der Waals surface area contributed by atoms with Crippen molar-refractivity contribution in [2.45, 2.75) is 5.41 Å². The molecule has 0 spiro atoms. The van der Waals surface area contributed by atoms with Crippen molar-refractivity contribution in [3.63, 3.8) is 0 Å². The molecule has 6 aromatic rings. The number of anilines is 2. The van der Waals surface area contributed by atoms with Crippen LogP contribution in [-0.2, 0) is 15.0 Å². The number of nitrogens with one attached hydrogen (secondary N) is 2. The van der Waals surface area contributed by atoms with E-state index in [1.165, 1.54) is 22.3 Å². The molecule has 2 N–H and O–H groups in total. The third-order valence-electron chi connectivity index (χ3n) is 8.01. The van der Waals surface area contributed by atoms with Crippen LogP contribution in [0.3, 0.4) is 0 Å². The van der Waals surface area contributed by atoms with Gasteiger partial charge >= 0.3 is 0 Å². The van der Waals surface area contributed by atoms with Gasteiger partial charge in [0.25, 0.3) is 0 Å². The summed E-state index contributed by atoms with van der Waals surface area (Å²) in [7, 11) is 0. The number of fused-ring (bicyclic) bond motifs is 3. The van der Waals surface area contributed by atoms with Gasteiger partial charge in [0.15, 0.2) is 0 Å². The maximum absolute atomic E-state index is 12.6. The van der Waals surface area contributed by atoms with E-state index in [1.54, 1.807) is 34.8 Å². The SMILES string of the molecule is O=C(/C=C/c1cccs1)Nc1ccc(C2(c3ccc(NC(=O)/C=C/c4cccs4)cc3)c3ccccc3-c3ccccc32)cc1. The maximum Gasteiger partial charge on any atom is 0.248 e. The Hall–Kier alpha value is -5.30. The first-order valence-corrected chi connectivity index (χ1v) is 16.3. The van der Waals surface area contributed by atoms with E-state index in [-0.39, 0.29) is 11.8 Å². The Kier molecular flexibility index (Phi) is 7.82. The lowest BCUT2D eigenvalue weighted by molar-refractivity contribution is -0.112.